The van der Waals surface area contributed by atoms with Gasteiger partial charge >= 0.3 is 6.11 Å². The molecule has 28 heavy (non-hydrogen) atoms. The SMILES string of the molecule is Cc1ccc(-c2cc(F)c(C(F)(F)Oc3cc(C)c(C)c(C)c3)c(F)c2)cc1. The lowest BCUT2D eigenvalue weighted by molar-refractivity contribution is -0.189. The molecular weight excluding hydrogens is 368 g/mol. The lowest BCUT2D eigenvalue weighted by Gasteiger charge is -2.21. The van der Waals surface area contributed by atoms with Crippen LogP contribution >= 0.6 is 0 Å². The van der Waals surface area contributed by atoms with Crippen molar-refractivity contribution in [2.45, 2.75) is 33.8 Å². The van der Waals surface area contributed by atoms with Crippen LogP contribution in [0.25, 0.3) is 11.1 Å². The Morgan fingerprint density at radius 2 is 1.21 bits per heavy atom. The fourth-order valence-corrected chi connectivity index (χ4v) is 3.02. The van der Waals surface area contributed by atoms with E-state index in [0.29, 0.717) is 5.56 Å². The third-order valence-electron chi connectivity index (χ3n) is 4.86. The van der Waals surface area contributed by atoms with Crippen LogP contribution in [-0.2, 0) is 6.11 Å². The molecular formula is C23H20F4O. The molecule has 0 atom stereocenters. The first-order valence-corrected chi connectivity index (χ1v) is 8.79. The van der Waals surface area contributed by atoms with E-state index in [4.69, 9.17) is 4.74 Å². The van der Waals surface area contributed by atoms with Crippen molar-refractivity contribution in [3.05, 3.63) is 88.0 Å². The van der Waals surface area contributed by atoms with E-state index in [9.17, 15) is 17.6 Å². The van der Waals surface area contributed by atoms with E-state index in [1.165, 1.54) is 12.1 Å². The summed E-state index contributed by atoms with van der Waals surface area (Å²) in [5.41, 5.74) is 2.73. The number of hydrogen-bond donors (Lipinski definition) is 0. The number of alkyl halides is 2. The highest BCUT2D eigenvalue weighted by Crippen LogP contribution is 2.37. The number of benzene rings is 3. The minimum Gasteiger partial charge on any atom is -0.429 e. The fourth-order valence-electron chi connectivity index (χ4n) is 3.02. The predicted molar refractivity (Wildman–Crippen MR) is 102 cm³/mol. The molecule has 0 amide bonds. The molecule has 3 aromatic carbocycles. The number of halogens is 4. The Bertz CT molecular complexity index is 977. The fraction of sp³-hybridized carbons (Fsp3) is 0.217. The third-order valence-corrected chi connectivity index (χ3v) is 4.86. The van der Waals surface area contributed by atoms with Gasteiger partial charge in [-0.3, -0.25) is 0 Å². The zero-order chi connectivity index (χ0) is 20.6. The van der Waals surface area contributed by atoms with Crippen LogP contribution in [0.15, 0.2) is 48.5 Å². The number of aryl methyl sites for hydroxylation is 3. The van der Waals surface area contributed by atoms with Crippen molar-refractivity contribution < 1.29 is 22.3 Å². The second-order valence-corrected chi connectivity index (χ2v) is 6.98. The lowest BCUT2D eigenvalue weighted by Crippen LogP contribution is -2.25. The molecule has 0 spiro atoms. The zero-order valence-electron chi connectivity index (χ0n) is 16.0. The van der Waals surface area contributed by atoms with E-state index in [1.54, 1.807) is 38.1 Å². The van der Waals surface area contributed by atoms with E-state index >= 15 is 0 Å². The van der Waals surface area contributed by atoms with Gasteiger partial charge in [-0.2, -0.15) is 8.78 Å². The van der Waals surface area contributed by atoms with Crippen molar-refractivity contribution in [3.8, 4) is 16.9 Å². The summed E-state index contributed by atoms with van der Waals surface area (Å²) in [6.07, 6.45) is -4.16. The van der Waals surface area contributed by atoms with E-state index in [1.807, 2.05) is 13.8 Å². The first-order valence-electron chi connectivity index (χ1n) is 8.79. The summed E-state index contributed by atoms with van der Waals surface area (Å²) in [5.74, 6) is -2.87. The van der Waals surface area contributed by atoms with Gasteiger partial charge in [0.1, 0.15) is 22.9 Å². The van der Waals surface area contributed by atoms with Crippen molar-refractivity contribution >= 4 is 0 Å². The minimum atomic E-state index is -4.16. The lowest BCUT2D eigenvalue weighted by atomic mass is 10.0. The summed E-state index contributed by atoms with van der Waals surface area (Å²) in [7, 11) is 0. The predicted octanol–water partition coefficient (Wildman–Crippen LogP) is 6.99. The second-order valence-electron chi connectivity index (χ2n) is 6.98. The van der Waals surface area contributed by atoms with Crippen molar-refractivity contribution in [1.82, 2.24) is 0 Å². The van der Waals surface area contributed by atoms with Crippen molar-refractivity contribution in [1.29, 1.82) is 0 Å². The normalized spacial score (nSPS) is 11.6. The maximum atomic E-state index is 14.6. The van der Waals surface area contributed by atoms with Crippen molar-refractivity contribution in [2.24, 2.45) is 0 Å². The standard InChI is InChI=1S/C23H20F4O/c1-13-5-7-17(8-6-13)18-11-20(24)22(21(25)12-18)23(26,27)28-19-9-14(2)16(4)15(3)10-19/h5-12H,1-4H3. The maximum absolute atomic E-state index is 14.6. The first kappa shape index (κ1) is 19.9. The summed E-state index contributed by atoms with van der Waals surface area (Å²) in [5, 5.41) is 0. The molecule has 5 heteroatoms. The van der Waals surface area contributed by atoms with E-state index in [2.05, 4.69) is 0 Å². The average Bonchev–Trinajstić information content (AvgIpc) is 2.59. The second kappa shape index (κ2) is 7.30. The first-order chi connectivity index (χ1) is 13.1. The molecule has 0 saturated carbocycles. The largest absolute Gasteiger partial charge is 0.432 e. The van der Waals surface area contributed by atoms with Gasteiger partial charge in [0.05, 0.1) is 0 Å². The van der Waals surface area contributed by atoms with Gasteiger partial charge < -0.3 is 4.74 Å². The smallest absolute Gasteiger partial charge is 0.429 e. The Balaban J connectivity index is 1.99. The van der Waals surface area contributed by atoms with Crippen LogP contribution in [0.5, 0.6) is 5.75 Å². The molecule has 1 nitrogen and oxygen atoms in total. The number of ether oxygens (including phenoxy) is 1. The van der Waals surface area contributed by atoms with Crippen LogP contribution in [0.4, 0.5) is 17.6 Å². The summed E-state index contributed by atoms with van der Waals surface area (Å²) >= 11 is 0. The van der Waals surface area contributed by atoms with E-state index in [-0.39, 0.29) is 11.3 Å². The molecule has 0 heterocycles. The Morgan fingerprint density at radius 3 is 1.71 bits per heavy atom. The van der Waals surface area contributed by atoms with Gasteiger partial charge in [0.15, 0.2) is 0 Å². The molecule has 0 aliphatic carbocycles. The van der Waals surface area contributed by atoms with Crippen LogP contribution in [0, 0.1) is 39.3 Å². The van der Waals surface area contributed by atoms with Gasteiger partial charge in [0.2, 0.25) is 0 Å². The van der Waals surface area contributed by atoms with Gasteiger partial charge in [-0.25, -0.2) is 8.78 Å². The molecule has 0 fully saturated rings. The molecule has 146 valence electrons. The Hall–Kier alpha value is -2.82. The average molecular weight is 388 g/mol. The molecule has 0 saturated heterocycles. The molecule has 0 aliphatic heterocycles. The summed E-state index contributed by atoms with van der Waals surface area (Å²) < 4.78 is 62.9. The van der Waals surface area contributed by atoms with Gasteiger partial charge in [0, 0.05) is 0 Å². The Kier molecular flexibility index (Phi) is 5.20. The van der Waals surface area contributed by atoms with Crippen LogP contribution in [0.2, 0.25) is 0 Å². The highest BCUT2D eigenvalue weighted by Gasteiger charge is 2.41. The van der Waals surface area contributed by atoms with E-state index in [0.717, 1.165) is 34.4 Å². The summed E-state index contributed by atoms with van der Waals surface area (Å²) in [6.45, 7) is 7.24. The van der Waals surface area contributed by atoms with Gasteiger partial charge in [-0.05, 0) is 79.8 Å². The van der Waals surface area contributed by atoms with Crippen molar-refractivity contribution in [3.63, 3.8) is 0 Å². The molecule has 0 bridgehead atoms. The maximum Gasteiger partial charge on any atom is 0.432 e. The zero-order valence-corrected chi connectivity index (χ0v) is 16.0. The van der Waals surface area contributed by atoms with Gasteiger partial charge in [0.25, 0.3) is 0 Å². The summed E-state index contributed by atoms with van der Waals surface area (Å²) in [6, 6.07) is 11.5. The molecule has 0 unspecified atom stereocenters. The highest BCUT2D eigenvalue weighted by molar-refractivity contribution is 5.64. The van der Waals surface area contributed by atoms with Gasteiger partial charge in [-0.15, -0.1) is 0 Å². The quantitative estimate of drug-likeness (QED) is 0.438. The Labute approximate surface area is 161 Å². The number of rotatable bonds is 4. The molecule has 0 aliphatic rings. The highest BCUT2D eigenvalue weighted by atomic mass is 19.3. The van der Waals surface area contributed by atoms with Crippen LogP contribution in [0.3, 0.4) is 0 Å². The molecule has 0 radical (unpaired) electrons. The molecule has 3 rings (SSSR count). The summed E-state index contributed by atoms with van der Waals surface area (Å²) in [4.78, 5) is 0. The molecule has 0 N–H and O–H groups in total. The molecule has 3 aromatic rings. The monoisotopic (exact) mass is 388 g/mol. The topological polar surface area (TPSA) is 9.23 Å². The van der Waals surface area contributed by atoms with Crippen LogP contribution in [-0.4, -0.2) is 0 Å². The third kappa shape index (κ3) is 3.88. The molecule has 0 aromatic heterocycles. The van der Waals surface area contributed by atoms with Crippen LogP contribution < -0.4 is 4.74 Å². The van der Waals surface area contributed by atoms with Crippen molar-refractivity contribution in [2.75, 3.05) is 0 Å². The van der Waals surface area contributed by atoms with Crippen LogP contribution in [0.1, 0.15) is 27.8 Å². The minimum absolute atomic E-state index is 0.146. The number of hydrogen-bond acceptors (Lipinski definition) is 1. The Morgan fingerprint density at radius 1 is 0.714 bits per heavy atom. The van der Waals surface area contributed by atoms with Gasteiger partial charge in [-0.1, -0.05) is 29.8 Å². The van der Waals surface area contributed by atoms with E-state index < -0.39 is 23.3 Å².